The molecule has 0 saturated heterocycles. The summed E-state index contributed by atoms with van der Waals surface area (Å²) in [6.07, 6.45) is 20.7. The second-order valence-electron chi connectivity index (χ2n) is 9.40. The van der Waals surface area contributed by atoms with Crippen LogP contribution in [-0.2, 0) is 10.4 Å². The van der Waals surface area contributed by atoms with E-state index in [9.17, 15) is 20.1 Å². The van der Waals surface area contributed by atoms with Gasteiger partial charge in [0.15, 0.2) is 0 Å². The molecule has 0 radical (unpaired) electrons. The Labute approximate surface area is 196 Å². The van der Waals surface area contributed by atoms with Crippen LogP contribution in [0.15, 0.2) is 30.3 Å². The summed E-state index contributed by atoms with van der Waals surface area (Å²) in [7, 11) is 0. The van der Waals surface area contributed by atoms with E-state index in [1.54, 1.807) is 30.3 Å². The number of carboxylic acid groups (broad SMARTS) is 1. The number of hydrogen-bond acceptors (Lipinski definition) is 3. The van der Waals surface area contributed by atoms with E-state index in [4.69, 9.17) is 0 Å². The zero-order chi connectivity index (χ0) is 23.5. The minimum Gasteiger partial charge on any atom is -0.479 e. The lowest BCUT2D eigenvalue weighted by Gasteiger charge is -2.29. The summed E-state index contributed by atoms with van der Waals surface area (Å²) >= 11 is 0. The van der Waals surface area contributed by atoms with Crippen molar-refractivity contribution in [3.63, 3.8) is 0 Å². The molecule has 0 aromatic heterocycles. The van der Waals surface area contributed by atoms with Crippen molar-refractivity contribution in [2.45, 2.75) is 134 Å². The van der Waals surface area contributed by atoms with E-state index in [0.29, 0.717) is 0 Å². The molecular formula is C28H48O4. The molecular weight excluding hydrogens is 400 g/mol. The van der Waals surface area contributed by atoms with Crippen molar-refractivity contribution in [2.24, 2.45) is 0 Å². The molecule has 4 heteroatoms. The summed E-state index contributed by atoms with van der Waals surface area (Å²) in [5, 5.41) is 30.5. The van der Waals surface area contributed by atoms with Gasteiger partial charge in [-0.25, -0.2) is 4.79 Å². The smallest absolute Gasteiger partial charge is 0.343 e. The zero-order valence-electron chi connectivity index (χ0n) is 20.4. The number of aliphatic hydroxyl groups is 2. The molecule has 0 amide bonds. The Kier molecular flexibility index (Phi) is 16.2. The van der Waals surface area contributed by atoms with Crippen molar-refractivity contribution in [2.75, 3.05) is 0 Å². The van der Waals surface area contributed by atoms with Crippen LogP contribution in [0.2, 0.25) is 0 Å². The number of carbonyl (C=O) groups is 1. The third-order valence-corrected chi connectivity index (χ3v) is 6.60. The molecule has 0 aliphatic rings. The van der Waals surface area contributed by atoms with Crippen molar-refractivity contribution >= 4 is 5.97 Å². The second kappa shape index (κ2) is 18.1. The Bertz CT molecular complexity index is 574. The maximum atomic E-state index is 11.6. The molecule has 0 aliphatic carbocycles. The van der Waals surface area contributed by atoms with Crippen molar-refractivity contribution in [1.29, 1.82) is 0 Å². The number of rotatable bonds is 21. The molecule has 1 rings (SSSR count). The largest absolute Gasteiger partial charge is 0.479 e. The first-order valence-electron chi connectivity index (χ1n) is 13.2. The van der Waals surface area contributed by atoms with E-state index in [-0.39, 0.29) is 12.0 Å². The summed E-state index contributed by atoms with van der Waals surface area (Å²) in [5.41, 5.74) is -2.01. The van der Waals surface area contributed by atoms with Crippen LogP contribution < -0.4 is 0 Å². The van der Waals surface area contributed by atoms with Gasteiger partial charge in [-0.15, -0.1) is 0 Å². The Hall–Kier alpha value is -1.39. The summed E-state index contributed by atoms with van der Waals surface area (Å²) in [6, 6.07) is 8.20. The van der Waals surface area contributed by atoms with Gasteiger partial charge in [-0.05, 0) is 12.0 Å². The van der Waals surface area contributed by atoms with Gasteiger partial charge in [-0.3, -0.25) is 0 Å². The van der Waals surface area contributed by atoms with Crippen LogP contribution in [0.5, 0.6) is 0 Å². The van der Waals surface area contributed by atoms with Crippen LogP contribution >= 0.6 is 0 Å². The highest BCUT2D eigenvalue weighted by Gasteiger charge is 2.44. The minimum atomic E-state index is -2.24. The molecule has 0 saturated carbocycles. The first-order valence-corrected chi connectivity index (χ1v) is 13.2. The first kappa shape index (κ1) is 28.6. The van der Waals surface area contributed by atoms with Gasteiger partial charge in [-0.2, -0.15) is 0 Å². The lowest BCUT2D eigenvalue weighted by atomic mass is 9.85. The monoisotopic (exact) mass is 448 g/mol. The predicted octanol–water partition coefficient (Wildman–Crippen LogP) is 7.36. The quantitative estimate of drug-likeness (QED) is 0.172. The molecule has 1 aromatic carbocycles. The molecule has 0 fully saturated rings. The number of aliphatic carboxylic acids is 1. The number of unbranched alkanes of at least 4 members (excludes halogenated alkanes) is 16. The van der Waals surface area contributed by atoms with Gasteiger partial charge in [0.05, 0.1) is 6.10 Å². The molecule has 2 atom stereocenters. The SMILES string of the molecule is CCCCCCCCCCCCCCCCCCCC(O)C(O)(C(=O)O)c1ccccc1. The number of hydrogen-bond donors (Lipinski definition) is 3. The molecule has 3 N–H and O–H groups in total. The lowest BCUT2D eigenvalue weighted by molar-refractivity contribution is -0.174. The molecule has 0 bridgehead atoms. The maximum Gasteiger partial charge on any atom is 0.343 e. The van der Waals surface area contributed by atoms with E-state index in [1.807, 2.05) is 0 Å². The Morgan fingerprint density at radius 2 is 1.09 bits per heavy atom. The van der Waals surface area contributed by atoms with Crippen molar-refractivity contribution in [3.8, 4) is 0 Å². The third kappa shape index (κ3) is 11.5. The van der Waals surface area contributed by atoms with Gasteiger partial charge in [-0.1, -0.05) is 146 Å². The highest BCUT2D eigenvalue weighted by molar-refractivity contribution is 5.80. The summed E-state index contributed by atoms with van der Waals surface area (Å²) in [5.74, 6) is -1.40. The molecule has 0 spiro atoms. The molecule has 1 aromatic rings. The van der Waals surface area contributed by atoms with Crippen LogP contribution in [0.1, 0.15) is 128 Å². The fourth-order valence-corrected chi connectivity index (χ4v) is 4.42. The summed E-state index contributed by atoms with van der Waals surface area (Å²) in [6.45, 7) is 2.27. The van der Waals surface area contributed by atoms with Gasteiger partial charge in [0.1, 0.15) is 0 Å². The average molecular weight is 449 g/mol. The first-order chi connectivity index (χ1) is 15.5. The Morgan fingerprint density at radius 3 is 1.47 bits per heavy atom. The molecule has 32 heavy (non-hydrogen) atoms. The Balaban J connectivity index is 1.99. The molecule has 2 unspecified atom stereocenters. The van der Waals surface area contributed by atoms with E-state index < -0.39 is 17.7 Å². The average Bonchev–Trinajstić information content (AvgIpc) is 2.80. The van der Waals surface area contributed by atoms with Crippen LogP contribution in [-0.4, -0.2) is 27.4 Å². The highest BCUT2D eigenvalue weighted by atomic mass is 16.4. The van der Waals surface area contributed by atoms with Crippen LogP contribution in [0.4, 0.5) is 0 Å². The van der Waals surface area contributed by atoms with Crippen molar-refractivity contribution in [1.82, 2.24) is 0 Å². The standard InChI is InChI=1S/C28H48O4/c1-2-3-4-5-6-7-8-9-10-11-12-13-14-15-16-17-21-24-26(29)28(32,27(30)31)25-22-19-18-20-23-25/h18-20,22-23,26,29,32H,2-17,21,24H2,1H3,(H,30,31). The number of benzene rings is 1. The normalized spacial score (nSPS) is 14.2. The van der Waals surface area contributed by atoms with Gasteiger partial charge in [0.25, 0.3) is 0 Å². The second-order valence-corrected chi connectivity index (χ2v) is 9.40. The zero-order valence-corrected chi connectivity index (χ0v) is 20.4. The van der Waals surface area contributed by atoms with Crippen molar-refractivity contribution in [3.05, 3.63) is 35.9 Å². The van der Waals surface area contributed by atoms with Gasteiger partial charge >= 0.3 is 5.97 Å². The van der Waals surface area contributed by atoms with E-state index in [2.05, 4.69) is 6.92 Å². The number of aliphatic hydroxyl groups excluding tert-OH is 1. The summed E-state index contributed by atoms with van der Waals surface area (Å²) < 4.78 is 0. The van der Waals surface area contributed by atoms with E-state index in [0.717, 1.165) is 19.3 Å². The lowest BCUT2D eigenvalue weighted by Crippen LogP contribution is -2.46. The molecule has 184 valence electrons. The summed E-state index contributed by atoms with van der Waals surface area (Å²) in [4.78, 5) is 11.6. The topological polar surface area (TPSA) is 77.8 Å². The maximum absolute atomic E-state index is 11.6. The molecule has 0 aliphatic heterocycles. The number of carboxylic acids is 1. The minimum absolute atomic E-state index is 0.229. The highest BCUT2D eigenvalue weighted by Crippen LogP contribution is 2.28. The van der Waals surface area contributed by atoms with Gasteiger partial charge in [0.2, 0.25) is 5.60 Å². The van der Waals surface area contributed by atoms with Crippen LogP contribution in [0, 0.1) is 0 Å². The molecule has 0 heterocycles. The van der Waals surface area contributed by atoms with E-state index in [1.165, 1.54) is 89.9 Å². The Morgan fingerprint density at radius 1 is 0.719 bits per heavy atom. The molecule has 4 nitrogen and oxygen atoms in total. The fraction of sp³-hybridized carbons (Fsp3) is 0.750. The van der Waals surface area contributed by atoms with Gasteiger partial charge < -0.3 is 15.3 Å². The van der Waals surface area contributed by atoms with Crippen LogP contribution in [0.25, 0.3) is 0 Å². The predicted molar refractivity (Wildman–Crippen MR) is 133 cm³/mol. The van der Waals surface area contributed by atoms with Crippen molar-refractivity contribution < 1.29 is 20.1 Å². The van der Waals surface area contributed by atoms with Crippen LogP contribution in [0.3, 0.4) is 0 Å². The van der Waals surface area contributed by atoms with E-state index >= 15 is 0 Å². The third-order valence-electron chi connectivity index (χ3n) is 6.60. The van der Waals surface area contributed by atoms with Gasteiger partial charge in [0, 0.05) is 0 Å². The fourth-order valence-electron chi connectivity index (χ4n) is 4.42.